The van der Waals surface area contributed by atoms with Crippen LogP contribution < -0.4 is 5.32 Å². The molecular formula is C21H24N6O9S4. The second-order valence-electron chi connectivity index (χ2n) is 9.60. The molecule has 19 heteroatoms. The minimum absolute atomic E-state index is 0.00705. The van der Waals surface area contributed by atoms with Crippen LogP contribution >= 0.6 is 34.9 Å². The minimum Gasteiger partial charge on any atom is -0.477 e. The van der Waals surface area contributed by atoms with Gasteiger partial charge in [0.1, 0.15) is 22.7 Å². The summed E-state index contributed by atoms with van der Waals surface area (Å²) < 4.78 is 37.7. The number of nitrogens with zero attached hydrogens (tertiary/aromatic N) is 5. The summed E-state index contributed by atoms with van der Waals surface area (Å²) in [4.78, 5) is 52.9. The van der Waals surface area contributed by atoms with Crippen molar-refractivity contribution < 1.29 is 42.0 Å². The maximum Gasteiger partial charge on any atom is 0.352 e. The number of rotatable bonds is 10. The number of amides is 2. The van der Waals surface area contributed by atoms with Crippen LogP contribution in [0.4, 0.5) is 0 Å². The zero-order valence-electron chi connectivity index (χ0n) is 21.2. The summed E-state index contributed by atoms with van der Waals surface area (Å²) in [5.74, 6) is -5.52. The Labute approximate surface area is 240 Å². The van der Waals surface area contributed by atoms with Crippen LogP contribution in [0.1, 0.15) is 31.6 Å². The van der Waals surface area contributed by atoms with Crippen LogP contribution in [0.2, 0.25) is 0 Å². The van der Waals surface area contributed by atoms with Crippen molar-refractivity contribution in [3.05, 3.63) is 33.7 Å². The van der Waals surface area contributed by atoms with Crippen molar-refractivity contribution in [3.8, 4) is 0 Å². The van der Waals surface area contributed by atoms with Gasteiger partial charge in [0.15, 0.2) is 11.8 Å². The van der Waals surface area contributed by atoms with Gasteiger partial charge in [0.2, 0.25) is 11.1 Å². The van der Waals surface area contributed by atoms with E-state index < -0.39 is 62.7 Å². The van der Waals surface area contributed by atoms with Crippen molar-refractivity contribution in [1.29, 1.82) is 0 Å². The second-order valence-corrected chi connectivity index (χ2v) is 14.0. The Hall–Kier alpha value is -3.00. The minimum atomic E-state index is -4.42. The summed E-state index contributed by atoms with van der Waals surface area (Å²) in [6, 6.07) is 2.24. The molecule has 2 aliphatic rings. The number of carboxylic acids is 1. The van der Waals surface area contributed by atoms with E-state index in [1.54, 1.807) is 38.3 Å². The Bertz CT molecular complexity index is 1470. The van der Waals surface area contributed by atoms with Gasteiger partial charge in [-0.1, -0.05) is 17.8 Å². The first-order chi connectivity index (χ1) is 18.7. The first kappa shape index (κ1) is 30.0. The number of carbonyl (C=O) groups is 4. The highest BCUT2D eigenvalue weighted by molar-refractivity contribution is 8.01. The van der Waals surface area contributed by atoms with Gasteiger partial charge in [0, 0.05) is 16.4 Å². The van der Waals surface area contributed by atoms with E-state index in [1.807, 2.05) is 0 Å². The van der Waals surface area contributed by atoms with E-state index in [-0.39, 0.29) is 22.4 Å². The molecule has 0 spiro atoms. The molecule has 0 saturated carbocycles. The Balaban J connectivity index is 1.49. The lowest BCUT2D eigenvalue weighted by molar-refractivity contribution is -0.160. The van der Waals surface area contributed by atoms with Gasteiger partial charge in [-0.2, -0.15) is 8.42 Å². The topological polar surface area (TPSA) is 211 Å². The molecule has 2 aromatic heterocycles. The van der Waals surface area contributed by atoms with Crippen molar-refractivity contribution in [2.75, 3.05) is 11.5 Å². The third kappa shape index (κ3) is 6.65. The predicted molar refractivity (Wildman–Crippen MR) is 143 cm³/mol. The number of thioether (sulfide) groups is 2. The van der Waals surface area contributed by atoms with Crippen LogP contribution in [0.15, 0.2) is 33.9 Å². The molecule has 0 bridgehead atoms. The van der Waals surface area contributed by atoms with E-state index in [1.165, 1.54) is 23.1 Å². The molecule has 0 aliphatic carbocycles. The zero-order valence-corrected chi connectivity index (χ0v) is 24.5. The molecule has 3 atom stereocenters. The summed E-state index contributed by atoms with van der Waals surface area (Å²) >= 11 is 3.34. The molecule has 2 amide bonds. The summed E-state index contributed by atoms with van der Waals surface area (Å²) in [5.41, 5.74) is -0.758. The molecule has 216 valence electrons. The second kappa shape index (κ2) is 11.5. The predicted octanol–water partition coefficient (Wildman–Crippen LogP) is 0.536. The fourth-order valence-electron chi connectivity index (χ4n) is 3.89. The standard InChI is InChI=1S/C21H24N6O9S4/c1-21(2,3)36-19(32)12(11-5-4-6-37-11)15(28)22-13-16(29)27-14(18(30)31)10(7-38-17(13)27)8-39-20-23-24-25-26(20)9-40(33,34)35/h4-6,12-13,17H,7-9H2,1-3H3,(H,22,28)(H,30,31)(H,33,34,35). The highest BCUT2D eigenvalue weighted by Gasteiger charge is 2.55. The number of carbonyl (C=O) groups excluding carboxylic acids is 3. The molecule has 3 unspecified atom stereocenters. The number of esters is 1. The smallest absolute Gasteiger partial charge is 0.352 e. The fraction of sp³-hybridized carbons (Fsp3) is 0.476. The lowest BCUT2D eigenvalue weighted by atomic mass is 10.0. The quantitative estimate of drug-likeness (QED) is 0.107. The van der Waals surface area contributed by atoms with Crippen LogP contribution in [0, 0.1) is 0 Å². The van der Waals surface area contributed by atoms with Gasteiger partial charge in [-0.3, -0.25) is 23.8 Å². The van der Waals surface area contributed by atoms with E-state index in [9.17, 15) is 32.7 Å². The molecule has 2 aliphatic heterocycles. The summed E-state index contributed by atoms with van der Waals surface area (Å²) in [6.07, 6.45) is 0. The number of ether oxygens (including phenoxy) is 1. The number of hydrogen-bond donors (Lipinski definition) is 3. The molecule has 3 N–H and O–H groups in total. The Morgan fingerprint density at radius 3 is 2.65 bits per heavy atom. The lowest BCUT2D eigenvalue weighted by Gasteiger charge is -2.49. The fourth-order valence-corrected chi connectivity index (χ4v) is 7.62. The number of hydrogen-bond acceptors (Lipinski definition) is 13. The number of tetrazole rings is 1. The van der Waals surface area contributed by atoms with Gasteiger partial charge in [-0.25, -0.2) is 9.48 Å². The van der Waals surface area contributed by atoms with Gasteiger partial charge < -0.3 is 15.2 Å². The molecule has 0 aromatic carbocycles. The molecule has 1 saturated heterocycles. The van der Waals surface area contributed by atoms with Crippen molar-refractivity contribution in [2.45, 2.75) is 54.7 Å². The SMILES string of the molecule is CC(C)(C)OC(=O)C(C(=O)NC1C(=O)N2C(C(=O)O)=C(CSc3nnnn3CS(=O)(=O)O)CSC12)c1cccs1. The van der Waals surface area contributed by atoms with Crippen molar-refractivity contribution >= 4 is 68.7 Å². The maximum atomic E-state index is 13.2. The van der Waals surface area contributed by atoms with Crippen LogP contribution in [0.5, 0.6) is 0 Å². The highest BCUT2D eigenvalue weighted by atomic mass is 32.2. The van der Waals surface area contributed by atoms with Crippen molar-refractivity contribution in [2.24, 2.45) is 0 Å². The third-order valence-electron chi connectivity index (χ3n) is 5.44. The van der Waals surface area contributed by atoms with E-state index in [2.05, 4.69) is 20.8 Å². The average molecular weight is 633 g/mol. The average Bonchev–Trinajstić information content (AvgIpc) is 3.50. The molecule has 2 aromatic rings. The molecular weight excluding hydrogens is 609 g/mol. The summed E-state index contributed by atoms with van der Waals surface area (Å²) in [5, 5.41) is 24.1. The number of fused-ring (bicyclic) bond motifs is 1. The number of thiophene rings is 1. The number of carboxylic acid groups (broad SMARTS) is 1. The van der Waals surface area contributed by atoms with Gasteiger partial charge in [0.05, 0.1) is 0 Å². The largest absolute Gasteiger partial charge is 0.477 e. The van der Waals surface area contributed by atoms with Crippen LogP contribution in [0.3, 0.4) is 0 Å². The molecule has 4 rings (SSSR count). The van der Waals surface area contributed by atoms with Gasteiger partial charge >= 0.3 is 11.9 Å². The Morgan fingerprint density at radius 1 is 1.32 bits per heavy atom. The highest BCUT2D eigenvalue weighted by Crippen LogP contribution is 2.42. The van der Waals surface area contributed by atoms with E-state index in [4.69, 9.17) is 9.29 Å². The van der Waals surface area contributed by atoms with Crippen molar-refractivity contribution in [3.63, 3.8) is 0 Å². The molecule has 1 fully saturated rings. The number of aliphatic carboxylic acids is 1. The maximum absolute atomic E-state index is 13.2. The Kier molecular flexibility index (Phi) is 8.60. The molecule has 4 heterocycles. The van der Waals surface area contributed by atoms with Crippen LogP contribution in [-0.2, 0) is 39.9 Å². The number of β-lactam (4-membered cyclic amide) rings is 1. The first-order valence-corrected chi connectivity index (χ1v) is 16.0. The molecule has 0 radical (unpaired) electrons. The number of aromatic nitrogens is 4. The number of nitrogens with one attached hydrogen (secondary N) is 1. The zero-order chi connectivity index (χ0) is 29.4. The van der Waals surface area contributed by atoms with E-state index >= 15 is 0 Å². The van der Waals surface area contributed by atoms with Crippen LogP contribution in [-0.4, -0.2) is 95.5 Å². The van der Waals surface area contributed by atoms with Gasteiger partial charge in [-0.15, -0.1) is 28.2 Å². The van der Waals surface area contributed by atoms with Crippen molar-refractivity contribution in [1.82, 2.24) is 30.4 Å². The first-order valence-electron chi connectivity index (χ1n) is 11.5. The van der Waals surface area contributed by atoms with Crippen LogP contribution in [0.25, 0.3) is 0 Å². The normalized spacial score (nSPS) is 20.0. The monoisotopic (exact) mass is 632 g/mol. The Morgan fingerprint density at radius 2 is 2.05 bits per heavy atom. The molecule has 40 heavy (non-hydrogen) atoms. The van der Waals surface area contributed by atoms with Gasteiger partial charge in [0.25, 0.3) is 16.0 Å². The third-order valence-corrected chi connectivity index (χ3v) is 9.33. The summed E-state index contributed by atoms with van der Waals surface area (Å²) in [6.45, 7) is 5.01. The van der Waals surface area contributed by atoms with Gasteiger partial charge in [-0.05, 0) is 48.2 Å². The summed E-state index contributed by atoms with van der Waals surface area (Å²) in [7, 11) is -4.42. The van der Waals surface area contributed by atoms with E-state index in [0.29, 0.717) is 10.5 Å². The molecule has 15 nitrogen and oxygen atoms in total. The lowest BCUT2D eigenvalue weighted by Crippen LogP contribution is -2.71. The van der Waals surface area contributed by atoms with E-state index in [0.717, 1.165) is 21.3 Å².